The van der Waals surface area contributed by atoms with Crippen LogP contribution in [-0.4, -0.2) is 6.61 Å². The van der Waals surface area contributed by atoms with Gasteiger partial charge in [-0.1, -0.05) is 74.0 Å². The minimum absolute atomic E-state index is 0.148. The van der Waals surface area contributed by atoms with Gasteiger partial charge in [-0.15, -0.1) is 0 Å². The van der Waals surface area contributed by atoms with Crippen LogP contribution in [0.4, 0.5) is 13.2 Å². The van der Waals surface area contributed by atoms with Crippen LogP contribution in [0.2, 0.25) is 0 Å². The summed E-state index contributed by atoms with van der Waals surface area (Å²) >= 11 is 0. The molecular weight excluding hydrogens is 385 g/mol. The van der Waals surface area contributed by atoms with Gasteiger partial charge in [0.1, 0.15) is 11.6 Å². The first-order chi connectivity index (χ1) is 14.5. The molecule has 3 aromatic carbocycles. The Morgan fingerprint density at radius 1 is 0.867 bits per heavy atom. The molecule has 0 atom stereocenters. The summed E-state index contributed by atoms with van der Waals surface area (Å²) in [5, 5.41) is 0. The van der Waals surface area contributed by atoms with E-state index in [0.717, 1.165) is 18.4 Å². The lowest BCUT2D eigenvalue weighted by atomic mass is 9.97. The van der Waals surface area contributed by atoms with E-state index in [-0.39, 0.29) is 11.1 Å². The lowest BCUT2D eigenvalue weighted by Gasteiger charge is -2.12. The second-order valence-corrected chi connectivity index (χ2v) is 7.01. The van der Waals surface area contributed by atoms with Crippen molar-refractivity contribution >= 4 is 12.2 Å². The number of benzene rings is 3. The van der Waals surface area contributed by atoms with Crippen LogP contribution in [0, 0.1) is 5.82 Å². The van der Waals surface area contributed by atoms with E-state index in [1.54, 1.807) is 42.5 Å². The van der Waals surface area contributed by atoms with E-state index >= 15 is 4.39 Å². The smallest absolute Gasteiger partial charge is 0.267 e. The molecule has 1 nitrogen and oxygen atoms in total. The van der Waals surface area contributed by atoms with Gasteiger partial charge in [0.05, 0.1) is 12.2 Å². The summed E-state index contributed by atoms with van der Waals surface area (Å²) in [5.74, 6) is -0.241. The van der Waals surface area contributed by atoms with Crippen LogP contribution < -0.4 is 4.74 Å². The number of alkyl halides is 2. The van der Waals surface area contributed by atoms with E-state index in [2.05, 4.69) is 6.92 Å². The fourth-order valence-corrected chi connectivity index (χ4v) is 3.37. The monoisotopic (exact) mass is 410 g/mol. The quantitative estimate of drug-likeness (QED) is 0.342. The molecule has 156 valence electrons. The lowest BCUT2D eigenvalue weighted by molar-refractivity contribution is 0.146. The number of aryl methyl sites for hydroxylation is 1. The number of ether oxygens (including phenoxy) is 1. The minimum atomic E-state index is -2.92. The molecular formula is C26H25F3O. The van der Waals surface area contributed by atoms with Gasteiger partial charge in [0.25, 0.3) is 6.43 Å². The molecule has 0 fully saturated rings. The third kappa shape index (κ3) is 5.12. The Hall–Kier alpha value is -3.01. The highest BCUT2D eigenvalue weighted by atomic mass is 19.3. The first-order valence-corrected chi connectivity index (χ1v) is 10.1. The van der Waals surface area contributed by atoms with Crippen LogP contribution >= 0.6 is 0 Å². The predicted octanol–water partition coefficient (Wildman–Crippen LogP) is 7.95. The summed E-state index contributed by atoms with van der Waals surface area (Å²) in [4.78, 5) is 0. The van der Waals surface area contributed by atoms with E-state index < -0.39 is 17.8 Å². The van der Waals surface area contributed by atoms with Crippen molar-refractivity contribution in [1.29, 1.82) is 0 Å². The molecule has 0 radical (unpaired) electrons. The number of hydrogen-bond donors (Lipinski definition) is 0. The van der Waals surface area contributed by atoms with Crippen molar-refractivity contribution in [2.75, 3.05) is 6.61 Å². The van der Waals surface area contributed by atoms with E-state index in [0.29, 0.717) is 17.9 Å². The molecule has 3 aromatic rings. The van der Waals surface area contributed by atoms with Gasteiger partial charge in [0, 0.05) is 5.56 Å². The Balaban J connectivity index is 1.91. The Kier molecular flexibility index (Phi) is 7.34. The van der Waals surface area contributed by atoms with Gasteiger partial charge in [-0.25, -0.2) is 13.2 Å². The molecule has 0 aliphatic carbocycles. The Bertz CT molecular complexity index is 990. The van der Waals surface area contributed by atoms with Crippen molar-refractivity contribution in [2.24, 2.45) is 0 Å². The van der Waals surface area contributed by atoms with Crippen LogP contribution in [0.15, 0.2) is 60.7 Å². The molecule has 0 bridgehead atoms. The minimum Gasteiger partial charge on any atom is -0.494 e. The lowest BCUT2D eigenvalue weighted by Crippen LogP contribution is -1.98. The molecule has 0 N–H and O–H groups in total. The third-order valence-corrected chi connectivity index (χ3v) is 4.88. The summed E-state index contributed by atoms with van der Waals surface area (Å²) in [6, 6.07) is 17.8. The highest BCUT2D eigenvalue weighted by molar-refractivity contribution is 5.75. The van der Waals surface area contributed by atoms with Gasteiger partial charge in [0.15, 0.2) is 0 Å². The van der Waals surface area contributed by atoms with Gasteiger partial charge in [-0.05, 0) is 47.7 Å². The van der Waals surface area contributed by atoms with E-state index in [9.17, 15) is 8.78 Å². The van der Waals surface area contributed by atoms with E-state index in [4.69, 9.17) is 4.74 Å². The molecule has 0 spiro atoms. The summed E-state index contributed by atoms with van der Waals surface area (Å²) in [6.45, 7) is 4.51. The van der Waals surface area contributed by atoms with Crippen molar-refractivity contribution in [3.8, 4) is 16.9 Å². The van der Waals surface area contributed by atoms with Gasteiger partial charge in [-0.3, -0.25) is 0 Å². The van der Waals surface area contributed by atoms with Gasteiger partial charge in [0.2, 0.25) is 0 Å². The number of rotatable bonds is 8. The molecule has 30 heavy (non-hydrogen) atoms. The van der Waals surface area contributed by atoms with Crippen LogP contribution in [0.5, 0.6) is 5.75 Å². The van der Waals surface area contributed by atoms with E-state index in [1.165, 1.54) is 11.6 Å². The third-order valence-electron chi connectivity index (χ3n) is 4.88. The first kappa shape index (κ1) is 21.7. The Morgan fingerprint density at radius 3 is 2.17 bits per heavy atom. The van der Waals surface area contributed by atoms with Crippen molar-refractivity contribution in [1.82, 2.24) is 0 Å². The fourth-order valence-electron chi connectivity index (χ4n) is 3.37. The molecule has 0 aliphatic heterocycles. The van der Waals surface area contributed by atoms with Crippen LogP contribution in [-0.2, 0) is 6.42 Å². The maximum atomic E-state index is 15.0. The van der Waals surface area contributed by atoms with Crippen LogP contribution in [0.25, 0.3) is 23.3 Å². The van der Waals surface area contributed by atoms with Crippen LogP contribution in [0.3, 0.4) is 0 Å². The highest BCUT2D eigenvalue weighted by Crippen LogP contribution is 2.34. The van der Waals surface area contributed by atoms with Gasteiger partial charge >= 0.3 is 0 Å². The molecule has 0 heterocycles. The number of halogens is 3. The zero-order valence-corrected chi connectivity index (χ0v) is 17.2. The van der Waals surface area contributed by atoms with Crippen molar-refractivity contribution in [2.45, 2.75) is 33.1 Å². The molecule has 0 aliphatic rings. The zero-order chi connectivity index (χ0) is 21.5. The molecule has 0 amide bonds. The van der Waals surface area contributed by atoms with Crippen molar-refractivity contribution in [3.63, 3.8) is 0 Å². The average molecular weight is 410 g/mol. The Labute approximate surface area is 175 Å². The zero-order valence-electron chi connectivity index (χ0n) is 17.2. The molecule has 0 saturated carbocycles. The SMILES string of the molecule is CCCc1ccc(C=Cc2ccc(-c3ccc(OCC)cc3)c(F)c2C(F)F)cc1. The van der Waals surface area contributed by atoms with Crippen molar-refractivity contribution < 1.29 is 17.9 Å². The second kappa shape index (κ2) is 10.1. The average Bonchev–Trinajstić information content (AvgIpc) is 2.74. The summed E-state index contributed by atoms with van der Waals surface area (Å²) in [7, 11) is 0. The highest BCUT2D eigenvalue weighted by Gasteiger charge is 2.21. The maximum absolute atomic E-state index is 15.0. The topological polar surface area (TPSA) is 9.23 Å². The molecule has 4 heteroatoms. The summed E-state index contributed by atoms with van der Waals surface area (Å²) in [5.41, 5.74) is 2.38. The van der Waals surface area contributed by atoms with Gasteiger partial charge < -0.3 is 4.74 Å². The summed E-state index contributed by atoms with van der Waals surface area (Å²) in [6.07, 6.45) is 2.41. The predicted molar refractivity (Wildman–Crippen MR) is 117 cm³/mol. The fraction of sp³-hybridized carbons (Fsp3) is 0.231. The second-order valence-electron chi connectivity index (χ2n) is 7.01. The largest absolute Gasteiger partial charge is 0.494 e. The van der Waals surface area contributed by atoms with Crippen molar-refractivity contribution in [3.05, 3.63) is 88.7 Å². The standard InChI is InChI=1S/C26H25F3O/c1-3-5-18-6-8-19(9-7-18)10-11-21-14-17-23(25(27)24(21)26(28)29)20-12-15-22(16-13-20)30-4-2/h6-17,26H,3-5H2,1-2H3. The molecule has 0 saturated heterocycles. The Morgan fingerprint density at radius 2 is 1.57 bits per heavy atom. The first-order valence-electron chi connectivity index (χ1n) is 10.1. The molecule has 0 aromatic heterocycles. The van der Waals surface area contributed by atoms with E-state index in [1.807, 2.05) is 31.2 Å². The normalized spacial score (nSPS) is 11.4. The molecule has 3 rings (SSSR count). The van der Waals surface area contributed by atoms with Crippen LogP contribution in [0.1, 0.15) is 48.9 Å². The maximum Gasteiger partial charge on any atom is 0.267 e. The molecule has 0 unspecified atom stereocenters. The summed E-state index contributed by atoms with van der Waals surface area (Å²) < 4.78 is 47.9. The number of hydrogen-bond acceptors (Lipinski definition) is 1. The van der Waals surface area contributed by atoms with Gasteiger partial charge in [-0.2, -0.15) is 0 Å².